The molecule has 1 saturated heterocycles. The fourth-order valence-electron chi connectivity index (χ4n) is 4.93. The van der Waals surface area contributed by atoms with Crippen molar-refractivity contribution in [2.24, 2.45) is 11.1 Å². The van der Waals surface area contributed by atoms with Crippen molar-refractivity contribution in [1.82, 2.24) is 5.32 Å². The van der Waals surface area contributed by atoms with E-state index >= 15 is 4.39 Å². The van der Waals surface area contributed by atoms with Crippen LogP contribution >= 0.6 is 23.2 Å². The van der Waals surface area contributed by atoms with Crippen LogP contribution in [0.2, 0.25) is 10.0 Å². The summed E-state index contributed by atoms with van der Waals surface area (Å²) in [4.78, 5) is 13.5. The van der Waals surface area contributed by atoms with Crippen molar-refractivity contribution in [2.45, 2.75) is 77.1 Å². The molecule has 0 amide bonds. The van der Waals surface area contributed by atoms with Crippen LogP contribution in [-0.4, -0.2) is 30.8 Å². The zero-order valence-electron chi connectivity index (χ0n) is 21.3. The minimum atomic E-state index is -1.27. The molecule has 1 fully saturated rings. The largest absolute Gasteiger partial charge is 0.496 e. The molecule has 8 heteroatoms. The number of halogens is 3. The molecule has 4 unspecified atom stereocenters. The molecule has 0 aromatic heterocycles. The number of rotatable bonds is 5. The predicted octanol–water partition coefficient (Wildman–Crippen LogP) is 6.20. The maximum atomic E-state index is 15.6. The number of nitrogens with one attached hydrogen (secondary N) is 1. The summed E-state index contributed by atoms with van der Waals surface area (Å²) in [6.45, 7) is 11.6. The van der Waals surface area contributed by atoms with Gasteiger partial charge in [-0.3, -0.25) is 10.1 Å². The standard InChI is InChI=1S/C27H35Cl2FN2O3/c1-25(2,3)14-20-27(31,17-12-11-15(28)13-19(17)34-7)21(16-9-8-10-18(29)22(16)30)23(32-20)24(33)35-26(4,5)6/h8-13,20-21,23,32H,14,31H2,1-7H3. The highest BCUT2D eigenvalue weighted by molar-refractivity contribution is 6.31. The van der Waals surface area contributed by atoms with Crippen molar-refractivity contribution >= 4 is 29.2 Å². The highest BCUT2D eigenvalue weighted by Crippen LogP contribution is 2.51. The van der Waals surface area contributed by atoms with E-state index in [-0.39, 0.29) is 16.0 Å². The molecular formula is C27H35Cl2FN2O3. The van der Waals surface area contributed by atoms with Gasteiger partial charge >= 0.3 is 5.97 Å². The third kappa shape index (κ3) is 5.77. The van der Waals surface area contributed by atoms with E-state index in [1.165, 1.54) is 13.2 Å². The van der Waals surface area contributed by atoms with Crippen LogP contribution in [0.1, 0.15) is 65.0 Å². The summed E-state index contributed by atoms with van der Waals surface area (Å²) in [5.41, 5.74) is 6.01. The summed E-state index contributed by atoms with van der Waals surface area (Å²) in [6, 6.07) is 8.56. The molecule has 0 saturated carbocycles. The first-order valence-electron chi connectivity index (χ1n) is 11.6. The van der Waals surface area contributed by atoms with E-state index in [0.717, 1.165) is 0 Å². The Morgan fingerprint density at radius 2 is 1.80 bits per heavy atom. The molecule has 2 aromatic rings. The topological polar surface area (TPSA) is 73.6 Å². The number of ether oxygens (including phenoxy) is 2. The van der Waals surface area contributed by atoms with Crippen molar-refractivity contribution in [3.8, 4) is 5.75 Å². The number of hydrogen-bond acceptors (Lipinski definition) is 5. The summed E-state index contributed by atoms with van der Waals surface area (Å²) < 4.78 is 27.0. The molecular weight excluding hydrogens is 490 g/mol. The van der Waals surface area contributed by atoms with Gasteiger partial charge in [-0.05, 0) is 56.4 Å². The number of benzene rings is 2. The first-order valence-corrected chi connectivity index (χ1v) is 12.4. The Morgan fingerprint density at radius 1 is 1.14 bits per heavy atom. The number of methoxy groups -OCH3 is 1. The zero-order valence-corrected chi connectivity index (χ0v) is 22.9. The fourth-order valence-corrected chi connectivity index (χ4v) is 5.27. The molecule has 5 nitrogen and oxygen atoms in total. The van der Waals surface area contributed by atoms with Crippen LogP contribution in [0.15, 0.2) is 36.4 Å². The third-order valence-corrected chi connectivity index (χ3v) is 6.76. The van der Waals surface area contributed by atoms with Gasteiger partial charge in [0.25, 0.3) is 0 Å². The van der Waals surface area contributed by atoms with Crippen LogP contribution in [0.3, 0.4) is 0 Å². The summed E-state index contributed by atoms with van der Waals surface area (Å²) >= 11 is 12.4. The molecule has 1 aliphatic rings. The second-order valence-electron chi connectivity index (χ2n) is 11.4. The molecule has 0 spiro atoms. The van der Waals surface area contributed by atoms with E-state index in [4.69, 9.17) is 38.4 Å². The van der Waals surface area contributed by atoms with Crippen LogP contribution in [0.5, 0.6) is 5.75 Å². The Labute approximate surface area is 217 Å². The van der Waals surface area contributed by atoms with E-state index in [1.807, 2.05) is 0 Å². The van der Waals surface area contributed by atoms with Gasteiger partial charge in [-0.15, -0.1) is 0 Å². The number of hydrogen-bond donors (Lipinski definition) is 2. The molecule has 3 rings (SSSR count). The maximum Gasteiger partial charge on any atom is 0.324 e. The average molecular weight is 525 g/mol. The van der Waals surface area contributed by atoms with Crippen LogP contribution in [0.4, 0.5) is 4.39 Å². The van der Waals surface area contributed by atoms with E-state index in [0.29, 0.717) is 22.8 Å². The zero-order chi connectivity index (χ0) is 26.3. The maximum absolute atomic E-state index is 15.6. The Kier molecular flexibility index (Phi) is 7.83. The Balaban J connectivity index is 2.32. The highest BCUT2D eigenvalue weighted by atomic mass is 35.5. The Morgan fingerprint density at radius 3 is 2.37 bits per heavy atom. The number of carbonyl (C=O) groups excluding carboxylic acids is 1. The van der Waals surface area contributed by atoms with Gasteiger partial charge in [0.15, 0.2) is 0 Å². The van der Waals surface area contributed by atoms with Crippen molar-refractivity contribution in [2.75, 3.05) is 7.11 Å². The summed E-state index contributed by atoms with van der Waals surface area (Å²) in [5.74, 6) is -1.52. The van der Waals surface area contributed by atoms with Crippen LogP contribution in [0, 0.1) is 11.2 Å². The SMILES string of the molecule is COc1cc(Cl)ccc1C1(N)C(CC(C)(C)C)NC(C(=O)OC(C)(C)C)C1c1cccc(Cl)c1F. The molecule has 0 radical (unpaired) electrons. The van der Waals surface area contributed by atoms with Gasteiger partial charge in [-0.25, -0.2) is 4.39 Å². The summed E-state index contributed by atoms with van der Waals surface area (Å²) in [6.07, 6.45) is 0.591. The lowest BCUT2D eigenvalue weighted by molar-refractivity contribution is -0.157. The highest BCUT2D eigenvalue weighted by Gasteiger charge is 2.59. The molecule has 0 aliphatic carbocycles. The molecule has 4 atom stereocenters. The average Bonchev–Trinajstić information content (AvgIpc) is 3.00. The molecule has 0 bridgehead atoms. The molecule has 1 heterocycles. The quantitative estimate of drug-likeness (QED) is 0.455. The molecule has 35 heavy (non-hydrogen) atoms. The van der Waals surface area contributed by atoms with Crippen molar-refractivity contribution in [3.05, 3.63) is 63.4 Å². The second kappa shape index (κ2) is 9.89. The lowest BCUT2D eigenvalue weighted by Crippen LogP contribution is -2.52. The molecule has 1 aliphatic heterocycles. The Hall–Kier alpha value is -1.86. The van der Waals surface area contributed by atoms with Crippen molar-refractivity contribution < 1.29 is 18.7 Å². The predicted molar refractivity (Wildman–Crippen MR) is 139 cm³/mol. The van der Waals surface area contributed by atoms with E-state index in [2.05, 4.69) is 26.1 Å². The van der Waals surface area contributed by atoms with Gasteiger partial charge in [0.2, 0.25) is 0 Å². The van der Waals surface area contributed by atoms with Gasteiger partial charge in [0.05, 0.1) is 17.7 Å². The van der Waals surface area contributed by atoms with Crippen molar-refractivity contribution in [1.29, 1.82) is 0 Å². The summed E-state index contributed by atoms with van der Waals surface area (Å²) in [5, 5.41) is 3.85. The monoisotopic (exact) mass is 524 g/mol. The van der Waals surface area contributed by atoms with Crippen molar-refractivity contribution in [3.63, 3.8) is 0 Å². The van der Waals surface area contributed by atoms with E-state index < -0.39 is 40.9 Å². The van der Waals surface area contributed by atoms with Crippen LogP contribution in [-0.2, 0) is 15.1 Å². The van der Waals surface area contributed by atoms with E-state index in [9.17, 15) is 4.79 Å². The summed E-state index contributed by atoms with van der Waals surface area (Å²) in [7, 11) is 1.53. The lowest BCUT2D eigenvalue weighted by Gasteiger charge is -2.40. The van der Waals surface area contributed by atoms with Crippen LogP contribution < -0.4 is 15.8 Å². The third-order valence-electron chi connectivity index (χ3n) is 6.23. The Bertz CT molecular complexity index is 1100. The number of esters is 1. The first kappa shape index (κ1) is 27.7. The van der Waals surface area contributed by atoms with Gasteiger partial charge in [0, 0.05) is 22.5 Å². The minimum Gasteiger partial charge on any atom is -0.496 e. The first-order chi connectivity index (χ1) is 16.1. The number of nitrogens with two attached hydrogens (primary N) is 1. The van der Waals surface area contributed by atoms with Crippen LogP contribution in [0.25, 0.3) is 0 Å². The van der Waals surface area contributed by atoms with Gasteiger partial charge in [0.1, 0.15) is 23.2 Å². The fraction of sp³-hybridized carbons (Fsp3) is 0.519. The second-order valence-corrected chi connectivity index (χ2v) is 12.2. The normalized spacial score (nSPS) is 24.9. The molecule has 192 valence electrons. The molecule has 2 aromatic carbocycles. The van der Waals surface area contributed by atoms with Gasteiger partial charge in [-0.2, -0.15) is 0 Å². The smallest absolute Gasteiger partial charge is 0.324 e. The lowest BCUT2D eigenvalue weighted by atomic mass is 9.68. The molecule has 3 N–H and O–H groups in total. The van der Waals surface area contributed by atoms with E-state index in [1.54, 1.807) is 51.1 Å². The number of carbonyl (C=O) groups is 1. The minimum absolute atomic E-state index is 0.0462. The van der Waals surface area contributed by atoms with Gasteiger partial charge in [-0.1, -0.05) is 62.2 Å². The van der Waals surface area contributed by atoms with Gasteiger partial charge < -0.3 is 15.2 Å².